The first kappa shape index (κ1) is 76.9. The Morgan fingerprint density at radius 2 is 1.41 bits per heavy atom. The van der Waals surface area contributed by atoms with Gasteiger partial charge in [0.1, 0.15) is 65.6 Å². The summed E-state index contributed by atoms with van der Waals surface area (Å²) in [7, 11) is 0. The van der Waals surface area contributed by atoms with Crippen LogP contribution in [-0.4, -0.2) is 171 Å². The second-order valence-electron chi connectivity index (χ2n) is 27.0. The van der Waals surface area contributed by atoms with Gasteiger partial charge in [0.05, 0.1) is 36.0 Å². The minimum atomic E-state index is -2.54. The van der Waals surface area contributed by atoms with Crippen LogP contribution in [0.25, 0.3) is 6.08 Å². The molecule has 29 heteroatoms. The number of ether oxygens (including phenoxy) is 6. The number of amides is 7. The van der Waals surface area contributed by atoms with Gasteiger partial charge in [-0.25, -0.2) is 18.8 Å². The molecule has 0 spiro atoms. The Morgan fingerprint density at radius 3 is 2.01 bits per heavy atom. The van der Waals surface area contributed by atoms with Gasteiger partial charge in [-0.3, -0.25) is 43.2 Å². The number of fused-ring (bicyclic) bond motifs is 5. The molecule has 7 rings (SSSR count). The quantitative estimate of drug-likeness (QED) is 0.0164. The summed E-state index contributed by atoms with van der Waals surface area (Å²) in [5.41, 5.74) is 2.17. The molecule has 0 radical (unpaired) electrons. The fourth-order valence-corrected chi connectivity index (χ4v) is 13.4. The summed E-state index contributed by atoms with van der Waals surface area (Å²) in [6, 6.07) is 15.3. The molecule has 536 valence electrons. The number of aliphatic hydroxyl groups excluding tert-OH is 2. The average Bonchev–Trinajstić information content (AvgIpc) is 0.671. The van der Waals surface area contributed by atoms with E-state index in [0.29, 0.717) is 5.56 Å². The first-order chi connectivity index (χ1) is 46.4. The summed E-state index contributed by atoms with van der Waals surface area (Å²) in [5.74, 6) is -12.3. The number of carbonyl (C=O) groups excluding carboxylic acids is 12. The molecule has 99 heavy (non-hydrogen) atoms. The van der Waals surface area contributed by atoms with Crippen molar-refractivity contribution in [2.24, 2.45) is 28.2 Å². The number of esters is 4. The predicted molar refractivity (Wildman–Crippen MR) is 348 cm³/mol. The largest absolute Gasteiger partial charge is 0.455 e. The van der Waals surface area contributed by atoms with E-state index in [4.69, 9.17) is 39.9 Å². The van der Waals surface area contributed by atoms with Gasteiger partial charge in [-0.2, -0.15) is 0 Å². The Kier molecular flexibility index (Phi) is 24.9. The van der Waals surface area contributed by atoms with Crippen LogP contribution in [0.15, 0.2) is 102 Å². The first-order valence-electron chi connectivity index (χ1n) is 32.5. The zero-order chi connectivity index (χ0) is 73.1. The van der Waals surface area contributed by atoms with Gasteiger partial charge in [0.25, 0.3) is 0 Å². The predicted octanol–water partition coefficient (Wildman–Crippen LogP) is 2.95. The maximum Gasteiger partial charge on any atom is 0.408 e. The number of rotatable bonds is 28. The molecule has 0 aromatic heterocycles. The highest BCUT2D eigenvalue weighted by atomic mass is 19.1. The molecule has 2 unspecified atom stereocenters. The highest BCUT2D eigenvalue weighted by Gasteiger charge is 2.78. The van der Waals surface area contributed by atoms with Gasteiger partial charge < -0.3 is 81.8 Å². The monoisotopic (exact) mass is 1380 g/mol. The van der Waals surface area contributed by atoms with E-state index in [-0.39, 0.29) is 67.5 Å². The van der Waals surface area contributed by atoms with Crippen molar-refractivity contribution in [3.63, 3.8) is 0 Å². The number of aliphatic hydroxyl groups is 3. The van der Waals surface area contributed by atoms with Crippen molar-refractivity contribution in [1.82, 2.24) is 26.6 Å². The van der Waals surface area contributed by atoms with E-state index >= 15 is 9.59 Å². The van der Waals surface area contributed by atoms with Crippen LogP contribution in [0.1, 0.15) is 148 Å². The molecule has 2 saturated carbocycles. The van der Waals surface area contributed by atoms with Crippen molar-refractivity contribution in [3.05, 3.63) is 125 Å². The number of hydrogen-bond acceptors (Lipinski definition) is 21. The Bertz CT molecular complexity index is 3600. The molecule has 3 fully saturated rings. The number of carbonyl (C=O) groups is 12. The van der Waals surface area contributed by atoms with Crippen LogP contribution in [0.5, 0.6) is 0 Å². The number of unbranched alkanes of at least 4 members (excludes halogenated alkanes) is 1. The average molecular weight is 1380 g/mol. The third-order valence-electron chi connectivity index (χ3n) is 18.6. The van der Waals surface area contributed by atoms with E-state index in [1.807, 2.05) is 0 Å². The van der Waals surface area contributed by atoms with Crippen molar-refractivity contribution in [2.45, 2.75) is 198 Å². The Hall–Kier alpha value is -9.45. The van der Waals surface area contributed by atoms with E-state index in [2.05, 4.69) is 26.6 Å². The highest BCUT2D eigenvalue weighted by molar-refractivity contribution is 5.97. The lowest BCUT2D eigenvalue weighted by Crippen LogP contribution is -2.81. The minimum absolute atomic E-state index is 0.00408. The van der Waals surface area contributed by atoms with Crippen LogP contribution in [0.4, 0.5) is 9.18 Å². The number of ketones is 1. The molecule has 12 N–H and O–H groups in total. The fraction of sp³-hybridized carbons (Fsp3) is 0.514. The van der Waals surface area contributed by atoms with Crippen LogP contribution in [-0.2, 0) is 76.4 Å². The number of halogens is 1. The Labute approximate surface area is 571 Å². The number of Topliss-reactive ketones (excluding diaryl/α,β-unsaturated/α-hetero) is 1. The van der Waals surface area contributed by atoms with E-state index in [1.54, 1.807) is 57.2 Å². The molecule has 2 bridgehead atoms. The summed E-state index contributed by atoms with van der Waals surface area (Å²) >= 11 is 0. The summed E-state index contributed by atoms with van der Waals surface area (Å²) in [5, 5.41) is 51.0. The third kappa shape index (κ3) is 18.1. The molecule has 1 saturated heterocycles. The zero-order valence-electron chi connectivity index (χ0n) is 56.6. The minimum Gasteiger partial charge on any atom is -0.455 e. The molecule has 3 aliphatic carbocycles. The molecule has 3 aromatic carbocycles. The van der Waals surface area contributed by atoms with Gasteiger partial charge in [-0.15, -0.1) is 0 Å². The zero-order valence-corrected chi connectivity index (χ0v) is 56.6. The Balaban J connectivity index is 1.04. The number of hydrogen-bond donors (Lipinski definition) is 10. The van der Waals surface area contributed by atoms with Crippen LogP contribution >= 0.6 is 0 Å². The second-order valence-corrected chi connectivity index (χ2v) is 27.0. The number of nitrogens with one attached hydrogen (secondary N) is 5. The maximum atomic E-state index is 15.4. The number of alkyl carbamates (subject to hydrolysis) is 1. The highest BCUT2D eigenvalue weighted by Crippen LogP contribution is 2.64. The number of benzene rings is 3. The van der Waals surface area contributed by atoms with Gasteiger partial charge >= 0.3 is 30.0 Å². The molecule has 7 amide bonds. The SMILES string of the molecule is CC(=O)O[C@@]12CO[C@@H]1C[C@H](O)[C@@]1(C)C(=O)[C@H](O)C3=C(C)[C@@H](OC(=O)[C@H](OC(=O)CCC(=O)NCCCCC(NC(=O)CC[C@H](NC(=O)C(C)NC(=O)/C=C/c4ccc(F)cc4)C(N)=O)C(N)=O)[C@H](NC(=O)OC(C)(C)C)c4ccccc4)C[C@@](O)([C@@H](OC(=O)c4ccccc4)[C@H]21)C3(C)C. The van der Waals surface area contributed by atoms with Crippen LogP contribution in [0, 0.1) is 22.6 Å². The summed E-state index contributed by atoms with van der Waals surface area (Å²) in [4.78, 5) is 162. The molecular formula is C70H88FN7O21. The lowest BCUT2D eigenvalue weighted by Gasteiger charge is -2.67. The van der Waals surface area contributed by atoms with Crippen molar-refractivity contribution in [2.75, 3.05) is 13.2 Å². The molecular weight excluding hydrogens is 1290 g/mol. The van der Waals surface area contributed by atoms with Crippen molar-refractivity contribution >= 4 is 77.3 Å². The topological polar surface area (TPSA) is 433 Å². The van der Waals surface area contributed by atoms with Gasteiger partial charge in [0, 0.05) is 50.6 Å². The normalized spacial score (nSPS) is 25.2. The summed E-state index contributed by atoms with van der Waals surface area (Å²) in [6.07, 6.45) is -11.7. The van der Waals surface area contributed by atoms with Crippen LogP contribution < -0.4 is 38.1 Å². The Morgan fingerprint density at radius 1 is 0.788 bits per heavy atom. The molecule has 28 nitrogen and oxygen atoms in total. The fourth-order valence-electron chi connectivity index (χ4n) is 13.4. The molecule has 4 aliphatic rings. The van der Waals surface area contributed by atoms with Crippen LogP contribution in [0.3, 0.4) is 0 Å². The second kappa shape index (κ2) is 32.0. The molecule has 1 aliphatic heterocycles. The smallest absolute Gasteiger partial charge is 0.408 e. The van der Waals surface area contributed by atoms with E-state index < -0.39 is 197 Å². The van der Waals surface area contributed by atoms with E-state index in [0.717, 1.165) is 13.0 Å². The van der Waals surface area contributed by atoms with Gasteiger partial charge in [0.2, 0.25) is 41.5 Å². The van der Waals surface area contributed by atoms with E-state index in [1.165, 1.54) is 89.2 Å². The van der Waals surface area contributed by atoms with E-state index in [9.17, 15) is 67.7 Å². The summed E-state index contributed by atoms with van der Waals surface area (Å²) in [6.45, 7) is 12.5. The van der Waals surface area contributed by atoms with Crippen molar-refractivity contribution in [3.8, 4) is 0 Å². The third-order valence-corrected chi connectivity index (χ3v) is 18.6. The van der Waals surface area contributed by atoms with Gasteiger partial charge in [-0.1, -0.05) is 74.5 Å². The standard InChI is InChI=1S/C70H88FN7O21/c1-37-46(35-70(93)59(97-63(90)42-20-14-11-15-21-42)57-68(9,58(86)55(85)53(37)67(70,7)8)47(80)34-48-69(57,36-94-48)98-39(3)79)95-64(91)56(54(41-18-12-10-13-19-41)78-65(92)99-66(4,5)6)96-52(84)32-31-49(81)74-33-17-16-22-44(60(72)87)76-51(83)30-28-45(61(73)88)77-62(89)38(2)75-50(82)29-25-40-23-26-43(71)27-24-40/h10-15,18-21,23-27,29,38,44-48,54-57,59,80,85,93H,16-17,22,28,30-36H2,1-9H3,(H2,72,87)(H2,73,88)(H,74,81)(H,75,82)(H,76,83)(H,77,89)(H,78,92)/b29-25+/t38?,44?,45-,46-,47-,48+,54+,55+,56+,57-,59-,68+,69-,70+/m0/s1. The number of nitrogens with two attached hydrogens (primary N) is 2. The number of primary amides is 2. The van der Waals surface area contributed by atoms with Crippen LogP contribution in [0.2, 0.25) is 0 Å². The summed E-state index contributed by atoms with van der Waals surface area (Å²) < 4.78 is 49.4. The first-order valence-corrected chi connectivity index (χ1v) is 32.5. The lowest BCUT2D eigenvalue weighted by atomic mass is 9.44. The maximum absolute atomic E-state index is 15.4. The lowest BCUT2D eigenvalue weighted by molar-refractivity contribution is -0.346. The molecule has 1 heterocycles. The van der Waals surface area contributed by atoms with Crippen molar-refractivity contribution < 1.29 is 106 Å². The molecule has 3 aromatic rings. The van der Waals surface area contributed by atoms with Gasteiger partial charge in [0.15, 0.2) is 11.4 Å². The van der Waals surface area contributed by atoms with Crippen molar-refractivity contribution in [1.29, 1.82) is 0 Å². The molecule has 14 atom stereocenters. The van der Waals surface area contributed by atoms with Gasteiger partial charge in [-0.05, 0) is 120 Å².